The molecule has 148 valence electrons. The highest BCUT2D eigenvalue weighted by Crippen LogP contribution is 2.22. The number of aliphatic imine (C=N–C) groups is 1. The molecule has 0 atom stereocenters. The molecule has 28 heavy (non-hydrogen) atoms. The third-order valence-corrected chi connectivity index (χ3v) is 4.95. The number of hydrogen-bond acceptors (Lipinski definition) is 6. The van der Waals surface area contributed by atoms with Crippen LogP contribution in [-0.4, -0.2) is 40.7 Å². The van der Waals surface area contributed by atoms with Crippen molar-refractivity contribution in [2.45, 2.75) is 37.8 Å². The Hall–Kier alpha value is -3.06. The number of nitrogens with two attached hydrogens (primary N) is 1. The van der Waals surface area contributed by atoms with E-state index < -0.39 is 0 Å². The van der Waals surface area contributed by atoms with Crippen LogP contribution in [0.25, 0.3) is 10.9 Å². The number of rotatable bonds is 5. The number of ether oxygens (including phenoxy) is 1. The highest BCUT2D eigenvalue weighted by molar-refractivity contribution is 6.08. The fourth-order valence-electron chi connectivity index (χ4n) is 3.54. The van der Waals surface area contributed by atoms with Gasteiger partial charge in [0.1, 0.15) is 11.7 Å². The number of allylic oxidation sites excluding steroid dienone is 1. The lowest BCUT2D eigenvalue weighted by Gasteiger charge is -2.26. The first-order chi connectivity index (χ1) is 13.5. The average Bonchev–Trinajstić information content (AvgIpc) is 3.13. The zero-order chi connectivity index (χ0) is 20.1. The van der Waals surface area contributed by atoms with Gasteiger partial charge in [-0.25, -0.2) is 9.79 Å². The zero-order valence-corrected chi connectivity index (χ0v) is 16.0. The third-order valence-electron chi connectivity index (χ3n) is 4.95. The van der Waals surface area contributed by atoms with E-state index in [-0.39, 0.29) is 18.1 Å². The Morgan fingerprint density at radius 1 is 1.36 bits per heavy atom. The predicted molar refractivity (Wildman–Crippen MR) is 110 cm³/mol. The SMILES string of the molecule is C=C(N=C(/C=C\N)n1ccc2c(C(=O)OC)cccc21)NC1CCC(O)CC1. The molecular formula is C21H26N4O3. The number of nitrogens with one attached hydrogen (secondary N) is 1. The minimum Gasteiger partial charge on any atom is -0.465 e. The largest absolute Gasteiger partial charge is 0.465 e. The number of aliphatic hydroxyl groups excluding tert-OH is 1. The van der Waals surface area contributed by atoms with E-state index in [4.69, 9.17) is 10.5 Å². The van der Waals surface area contributed by atoms with Gasteiger partial charge in [-0.1, -0.05) is 12.6 Å². The van der Waals surface area contributed by atoms with E-state index in [1.807, 2.05) is 22.9 Å². The quantitative estimate of drug-likeness (QED) is 0.419. The zero-order valence-electron chi connectivity index (χ0n) is 16.0. The van der Waals surface area contributed by atoms with E-state index in [9.17, 15) is 9.90 Å². The molecule has 0 aliphatic heterocycles. The molecular weight excluding hydrogens is 356 g/mol. The van der Waals surface area contributed by atoms with Crippen LogP contribution in [0.4, 0.5) is 0 Å². The average molecular weight is 382 g/mol. The number of carbonyl (C=O) groups excluding carboxylic acids is 1. The standard InChI is InChI=1S/C21H26N4O3/c1-14(23-15-6-8-16(26)9-7-15)24-20(10-12-22)25-13-11-17-18(21(27)28-2)4-3-5-19(17)25/h3-5,10-13,15-16,23,26H,1,6-9,22H2,2H3/b12-10-,24-20?. The van der Waals surface area contributed by atoms with Gasteiger partial charge in [-0.05, 0) is 56.2 Å². The van der Waals surface area contributed by atoms with Crippen LogP contribution in [0.5, 0.6) is 0 Å². The topological polar surface area (TPSA) is 102 Å². The van der Waals surface area contributed by atoms with Crippen LogP contribution in [0.3, 0.4) is 0 Å². The van der Waals surface area contributed by atoms with Crippen LogP contribution < -0.4 is 11.1 Å². The highest BCUT2D eigenvalue weighted by atomic mass is 16.5. The molecule has 7 heteroatoms. The number of carbonyl (C=O) groups is 1. The maximum Gasteiger partial charge on any atom is 0.338 e. The maximum atomic E-state index is 12.0. The summed E-state index contributed by atoms with van der Waals surface area (Å²) in [5.41, 5.74) is 6.93. The summed E-state index contributed by atoms with van der Waals surface area (Å²) < 4.78 is 6.71. The predicted octanol–water partition coefficient (Wildman–Crippen LogP) is 2.51. The van der Waals surface area contributed by atoms with E-state index in [2.05, 4.69) is 16.9 Å². The van der Waals surface area contributed by atoms with Crippen molar-refractivity contribution in [3.63, 3.8) is 0 Å². The molecule has 0 saturated heterocycles. The van der Waals surface area contributed by atoms with Crippen LogP contribution >= 0.6 is 0 Å². The number of methoxy groups -OCH3 is 1. The second-order valence-electron chi connectivity index (χ2n) is 6.84. The fourth-order valence-corrected chi connectivity index (χ4v) is 3.54. The minimum absolute atomic E-state index is 0.208. The maximum absolute atomic E-state index is 12.0. The summed E-state index contributed by atoms with van der Waals surface area (Å²) in [7, 11) is 1.36. The van der Waals surface area contributed by atoms with E-state index in [1.165, 1.54) is 13.3 Å². The Labute approximate surface area is 164 Å². The normalized spacial score (nSPS) is 20.4. The van der Waals surface area contributed by atoms with Crippen LogP contribution in [0, 0.1) is 0 Å². The van der Waals surface area contributed by atoms with Gasteiger partial charge in [0.25, 0.3) is 0 Å². The number of fused-ring (bicyclic) bond motifs is 1. The van der Waals surface area contributed by atoms with Crippen molar-refractivity contribution in [3.05, 3.63) is 60.7 Å². The Morgan fingerprint density at radius 3 is 2.79 bits per heavy atom. The molecule has 1 aromatic carbocycles. The van der Waals surface area contributed by atoms with Gasteiger partial charge in [0.05, 0.1) is 24.3 Å². The molecule has 4 N–H and O–H groups in total. The van der Waals surface area contributed by atoms with Crippen LogP contribution in [0.15, 0.2) is 60.1 Å². The monoisotopic (exact) mass is 382 g/mol. The van der Waals surface area contributed by atoms with Crippen molar-refractivity contribution >= 4 is 22.7 Å². The second kappa shape index (κ2) is 8.75. The molecule has 3 rings (SSSR count). The first-order valence-electron chi connectivity index (χ1n) is 9.32. The molecule has 1 saturated carbocycles. The molecule has 0 unspecified atom stereocenters. The molecule has 1 heterocycles. The Balaban J connectivity index is 1.89. The van der Waals surface area contributed by atoms with Gasteiger partial charge in [-0.3, -0.25) is 0 Å². The Bertz CT molecular complexity index is 921. The number of nitrogens with zero attached hydrogens (tertiary/aromatic N) is 2. The molecule has 1 aromatic heterocycles. The van der Waals surface area contributed by atoms with E-state index >= 15 is 0 Å². The van der Waals surface area contributed by atoms with Crippen LogP contribution in [0.2, 0.25) is 0 Å². The molecule has 0 spiro atoms. The first kappa shape index (κ1) is 19.7. The smallest absolute Gasteiger partial charge is 0.338 e. The van der Waals surface area contributed by atoms with Gasteiger partial charge in [0, 0.05) is 17.6 Å². The third kappa shape index (κ3) is 4.26. The van der Waals surface area contributed by atoms with E-state index in [0.717, 1.165) is 36.6 Å². The summed E-state index contributed by atoms with van der Waals surface area (Å²) in [6, 6.07) is 7.53. The summed E-state index contributed by atoms with van der Waals surface area (Å²) >= 11 is 0. The van der Waals surface area contributed by atoms with Crippen molar-refractivity contribution in [3.8, 4) is 0 Å². The molecule has 0 radical (unpaired) electrons. The molecule has 0 bridgehead atoms. The summed E-state index contributed by atoms with van der Waals surface area (Å²) in [6.45, 7) is 4.02. The van der Waals surface area contributed by atoms with E-state index in [0.29, 0.717) is 17.2 Å². The van der Waals surface area contributed by atoms with Crippen molar-refractivity contribution in [2.75, 3.05) is 7.11 Å². The summed E-state index contributed by atoms with van der Waals surface area (Å²) in [6.07, 6.45) is 8.05. The molecule has 1 fully saturated rings. The molecule has 1 aliphatic carbocycles. The lowest BCUT2D eigenvalue weighted by molar-refractivity contribution is 0.0603. The number of hydrogen-bond donors (Lipinski definition) is 3. The number of esters is 1. The lowest BCUT2D eigenvalue weighted by Crippen LogP contribution is -2.33. The minimum atomic E-state index is -0.387. The van der Waals surface area contributed by atoms with Crippen molar-refractivity contribution in [1.82, 2.24) is 9.88 Å². The van der Waals surface area contributed by atoms with Crippen LogP contribution in [-0.2, 0) is 4.74 Å². The van der Waals surface area contributed by atoms with Gasteiger partial charge < -0.3 is 25.5 Å². The Kier molecular flexibility index (Phi) is 6.16. The second-order valence-corrected chi connectivity index (χ2v) is 6.84. The van der Waals surface area contributed by atoms with Crippen molar-refractivity contribution in [1.29, 1.82) is 0 Å². The van der Waals surface area contributed by atoms with Crippen molar-refractivity contribution in [2.24, 2.45) is 10.7 Å². The number of aromatic nitrogens is 1. The van der Waals surface area contributed by atoms with Gasteiger partial charge in [-0.2, -0.15) is 0 Å². The van der Waals surface area contributed by atoms with Gasteiger partial charge >= 0.3 is 5.97 Å². The lowest BCUT2D eigenvalue weighted by atomic mass is 9.93. The molecule has 1 aliphatic rings. The molecule has 0 amide bonds. The van der Waals surface area contributed by atoms with Gasteiger partial charge in [0.15, 0.2) is 0 Å². The molecule has 2 aromatic rings. The number of aliphatic hydroxyl groups is 1. The molecule has 7 nitrogen and oxygen atoms in total. The van der Waals surface area contributed by atoms with Crippen molar-refractivity contribution < 1.29 is 14.6 Å². The summed E-state index contributed by atoms with van der Waals surface area (Å²) in [5, 5.41) is 13.7. The first-order valence-corrected chi connectivity index (χ1v) is 9.32. The highest BCUT2D eigenvalue weighted by Gasteiger charge is 2.19. The van der Waals surface area contributed by atoms with E-state index in [1.54, 1.807) is 18.2 Å². The van der Waals surface area contributed by atoms with Crippen LogP contribution in [0.1, 0.15) is 36.0 Å². The van der Waals surface area contributed by atoms with Gasteiger partial charge in [-0.15, -0.1) is 0 Å². The Morgan fingerprint density at radius 2 is 2.11 bits per heavy atom. The summed E-state index contributed by atoms with van der Waals surface area (Å²) in [4.78, 5) is 16.6. The number of benzene rings is 1. The summed E-state index contributed by atoms with van der Waals surface area (Å²) in [5.74, 6) is 0.718. The fraction of sp³-hybridized carbons (Fsp3) is 0.333. The van der Waals surface area contributed by atoms with Gasteiger partial charge in [0.2, 0.25) is 0 Å².